The molecule has 0 aliphatic heterocycles. The molecule has 2 aromatic carbocycles. The molecule has 0 fully saturated rings. The number of hydrogen-bond acceptors (Lipinski definition) is 15. The van der Waals surface area contributed by atoms with Gasteiger partial charge in [-0.25, -0.2) is 28.1 Å². The summed E-state index contributed by atoms with van der Waals surface area (Å²) < 4.78 is 68.2. The first kappa shape index (κ1) is 51.2. The lowest BCUT2D eigenvalue weighted by atomic mass is 10.2. The number of hydrogen-bond donors (Lipinski definition) is 2. The van der Waals surface area contributed by atoms with Gasteiger partial charge in [0.2, 0.25) is 11.8 Å². The fourth-order valence-electron chi connectivity index (χ4n) is 5.46. The fourth-order valence-corrected chi connectivity index (χ4v) is 7.17. The molecular weight excluding hydrogens is 1020 g/mol. The van der Waals surface area contributed by atoms with Crippen LogP contribution in [0.15, 0.2) is 105 Å². The smallest absolute Gasteiger partial charge is 0.326 e. The predicted molar refractivity (Wildman–Crippen MR) is 244 cm³/mol. The van der Waals surface area contributed by atoms with Crippen molar-refractivity contribution in [3.8, 4) is 23.1 Å². The molecule has 66 heavy (non-hydrogen) atoms. The molecule has 4 aromatic heterocycles. The van der Waals surface area contributed by atoms with Crippen LogP contribution < -0.4 is 31.0 Å². The Bertz CT molecular complexity index is 2690. The van der Waals surface area contributed by atoms with Crippen LogP contribution in [0, 0.1) is 11.6 Å². The Labute approximate surface area is 396 Å². The largest absolute Gasteiger partial charge is 0.598 e. The maximum atomic E-state index is 13.3. The van der Waals surface area contributed by atoms with Gasteiger partial charge in [0.25, 0.3) is 11.1 Å². The monoisotopic (exact) mass is 1060 g/mol. The van der Waals surface area contributed by atoms with Gasteiger partial charge in [0, 0.05) is 34.9 Å². The van der Waals surface area contributed by atoms with E-state index in [-0.39, 0.29) is 71.9 Å². The highest BCUT2D eigenvalue weighted by Crippen LogP contribution is 2.25. The van der Waals surface area contributed by atoms with Crippen molar-refractivity contribution in [2.24, 2.45) is 5.73 Å². The van der Waals surface area contributed by atoms with Crippen LogP contribution in [0.5, 0.6) is 11.8 Å². The van der Waals surface area contributed by atoms with Gasteiger partial charge in [-0.1, -0.05) is 0 Å². The summed E-state index contributed by atoms with van der Waals surface area (Å²) in [6, 6.07) is 10.6. The predicted octanol–water partition coefficient (Wildman–Crippen LogP) is 5.04. The van der Waals surface area contributed by atoms with Crippen LogP contribution in [-0.4, -0.2) is 86.3 Å². The molecular formula is C42H46Br2F2N10O9S. The number of nitrogens with zero attached hydrogens (tertiary/aromatic N) is 8. The van der Waals surface area contributed by atoms with Crippen LogP contribution in [-0.2, 0) is 43.5 Å². The van der Waals surface area contributed by atoms with Gasteiger partial charge in [0.15, 0.2) is 0 Å². The molecule has 0 spiro atoms. The Kier molecular flexibility index (Phi) is 18.3. The van der Waals surface area contributed by atoms with E-state index in [0.717, 1.165) is 9.13 Å². The number of carbonyl (C=O) groups is 2. The molecule has 0 saturated carbocycles. The van der Waals surface area contributed by atoms with Crippen molar-refractivity contribution in [3.05, 3.63) is 138 Å². The molecule has 0 aliphatic rings. The van der Waals surface area contributed by atoms with Crippen molar-refractivity contribution in [1.82, 2.24) is 43.4 Å². The van der Waals surface area contributed by atoms with E-state index in [1.54, 1.807) is 72.3 Å². The second kappa shape index (κ2) is 23.6. The number of nitrogens with one attached hydrogen (secondary N) is 1. The summed E-state index contributed by atoms with van der Waals surface area (Å²) >= 11 is 4.88. The minimum absolute atomic E-state index is 0.0133. The zero-order valence-corrected chi connectivity index (χ0v) is 40.2. The summed E-state index contributed by atoms with van der Waals surface area (Å²) in [4.78, 5) is 56.4. The topological polar surface area (TPSA) is 238 Å². The van der Waals surface area contributed by atoms with Gasteiger partial charge < -0.3 is 29.2 Å². The third kappa shape index (κ3) is 14.1. The number of carbonyl (C=O) groups excluding carboxylic acids is 2. The average molecular weight is 1060 g/mol. The minimum atomic E-state index is -1.45. The van der Waals surface area contributed by atoms with E-state index in [1.807, 2.05) is 20.8 Å². The molecule has 352 valence electrons. The highest BCUT2D eigenvalue weighted by Gasteiger charge is 2.31. The summed E-state index contributed by atoms with van der Waals surface area (Å²) in [7, 11) is 0. The lowest BCUT2D eigenvalue weighted by molar-refractivity contribution is -0.144. The van der Waals surface area contributed by atoms with Gasteiger partial charge in [-0.2, -0.15) is 10.2 Å². The van der Waals surface area contributed by atoms with Gasteiger partial charge in [0.1, 0.15) is 70.3 Å². The number of aromatic nitrogens is 8. The summed E-state index contributed by atoms with van der Waals surface area (Å²) in [5.74, 6) is -1.72. The maximum absolute atomic E-state index is 13.3. The summed E-state index contributed by atoms with van der Waals surface area (Å²) in [6.07, 6.45) is 9.00. The summed E-state index contributed by atoms with van der Waals surface area (Å²) in [5, 5.41) is 8.54. The van der Waals surface area contributed by atoms with Gasteiger partial charge in [-0.3, -0.25) is 28.3 Å². The standard InChI is InChI=1S/C23H27BrFN5O5S.C19H19BrFN5O4/c1-5-34-19(31)12-29-14-26-21(20(24)22(29)32)35-13-18(28-36(33)23(2,3)4)15-10-27-30(11-15)17-8-6-16(25)7-9-17;1-2-29-16(27)9-25-11-23-18(17(20)19(25)28)30-10-15(22)12-7-24-26(8-12)14-5-3-13(21)4-6-14/h6-11,14,18,28H,5,12-13H2,1-4H3;3-8,11,15H,2,9-10,22H2,1H3/t18-,36?;15-/m00/s1. The number of ether oxygens (including phenoxy) is 4. The Morgan fingerprint density at radius 3 is 1.62 bits per heavy atom. The molecule has 6 rings (SSSR count). The van der Waals surface area contributed by atoms with Crippen molar-refractivity contribution >= 4 is 55.2 Å². The van der Waals surface area contributed by atoms with E-state index in [0.29, 0.717) is 22.5 Å². The quantitative estimate of drug-likeness (QED) is 0.0848. The Balaban J connectivity index is 0.000000251. The molecule has 3 atom stereocenters. The molecule has 0 radical (unpaired) electrons. The van der Waals surface area contributed by atoms with Crippen LogP contribution in [0.4, 0.5) is 8.78 Å². The van der Waals surface area contributed by atoms with Gasteiger partial charge in [0.05, 0.1) is 43.0 Å². The molecule has 3 N–H and O–H groups in total. The Hall–Kier alpha value is -5.79. The minimum Gasteiger partial charge on any atom is -0.598 e. The van der Waals surface area contributed by atoms with Crippen LogP contribution in [0.1, 0.15) is 57.8 Å². The zero-order valence-electron chi connectivity index (χ0n) is 36.2. The third-order valence-electron chi connectivity index (χ3n) is 8.92. The van der Waals surface area contributed by atoms with Gasteiger partial charge in [-0.15, -0.1) is 4.72 Å². The molecule has 0 bridgehead atoms. The fraction of sp³-hybridized carbons (Fsp3) is 0.333. The van der Waals surface area contributed by atoms with E-state index >= 15 is 0 Å². The van der Waals surface area contributed by atoms with E-state index in [1.165, 1.54) is 36.9 Å². The first-order valence-electron chi connectivity index (χ1n) is 20.0. The van der Waals surface area contributed by atoms with Crippen molar-refractivity contribution in [2.45, 2.75) is 64.5 Å². The van der Waals surface area contributed by atoms with E-state index < -0.39 is 51.2 Å². The van der Waals surface area contributed by atoms with Gasteiger partial charge >= 0.3 is 11.9 Å². The molecule has 6 aromatic rings. The highest BCUT2D eigenvalue weighted by molar-refractivity contribution is 9.10. The molecule has 0 amide bonds. The Morgan fingerprint density at radius 1 is 0.758 bits per heavy atom. The number of rotatable bonds is 18. The first-order valence-corrected chi connectivity index (χ1v) is 22.7. The molecule has 4 heterocycles. The van der Waals surface area contributed by atoms with Gasteiger partial charge in [-0.05, 0) is 115 Å². The van der Waals surface area contributed by atoms with Crippen LogP contribution >= 0.6 is 31.9 Å². The number of halogens is 4. The second-order valence-electron chi connectivity index (χ2n) is 14.9. The normalized spacial score (nSPS) is 12.7. The van der Waals surface area contributed by atoms with Crippen LogP contribution in [0.3, 0.4) is 0 Å². The van der Waals surface area contributed by atoms with Crippen molar-refractivity contribution in [1.29, 1.82) is 0 Å². The number of benzene rings is 2. The third-order valence-corrected chi connectivity index (χ3v) is 11.9. The molecule has 0 aliphatic carbocycles. The lowest BCUT2D eigenvalue weighted by Crippen LogP contribution is -2.42. The van der Waals surface area contributed by atoms with Crippen molar-refractivity contribution in [3.63, 3.8) is 0 Å². The van der Waals surface area contributed by atoms with Crippen LogP contribution in [0.2, 0.25) is 0 Å². The number of esters is 2. The SMILES string of the molecule is CCOC(=O)Cn1cnc(OC[C@H](N)c2cnn(-c3ccc(F)cc3)c2)c(Br)c1=O.CCOC(=O)Cn1cnc(OC[C@H](N[S+]([O-])C(C)(C)C)c2cnn(-c3ccc(F)cc3)c2)c(Br)c1=O. The maximum Gasteiger partial charge on any atom is 0.326 e. The van der Waals surface area contributed by atoms with E-state index in [4.69, 9.17) is 24.7 Å². The zero-order chi connectivity index (χ0) is 48.1. The van der Waals surface area contributed by atoms with Crippen molar-refractivity contribution < 1.29 is 41.9 Å². The highest BCUT2D eigenvalue weighted by atomic mass is 79.9. The van der Waals surface area contributed by atoms with E-state index in [2.05, 4.69) is 56.7 Å². The lowest BCUT2D eigenvalue weighted by Gasteiger charge is -2.27. The molecule has 1 unspecified atom stereocenters. The summed E-state index contributed by atoms with van der Waals surface area (Å²) in [6.45, 7) is 8.73. The van der Waals surface area contributed by atoms with Crippen molar-refractivity contribution in [2.75, 3.05) is 26.4 Å². The first-order chi connectivity index (χ1) is 31.4. The molecule has 24 heteroatoms. The molecule has 0 saturated heterocycles. The second-order valence-corrected chi connectivity index (χ2v) is 18.5. The van der Waals surface area contributed by atoms with E-state index in [9.17, 15) is 32.5 Å². The average Bonchev–Trinajstić information content (AvgIpc) is 3.98. The Morgan fingerprint density at radius 2 is 1.18 bits per heavy atom. The number of nitrogens with two attached hydrogens (primary N) is 1. The molecule has 19 nitrogen and oxygen atoms in total. The van der Waals surface area contributed by atoms with Crippen LogP contribution in [0.25, 0.3) is 11.4 Å². The summed E-state index contributed by atoms with van der Waals surface area (Å²) in [5.41, 5.74) is 7.83.